The molecule has 0 saturated carbocycles. The molecule has 1 aromatic carbocycles. The molecule has 1 aromatic heterocycles. The molecule has 1 heterocycles. The maximum atomic E-state index is 11.7. The number of hydrogen-bond donors (Lipinski definition) is 0. The van der Waals surface area contributed by atoms with Crippen LogP contribution in [0.1, 0.15) is 10.4 Å². The van der Waals surface area contributed by atoms with Crippen molar-refractivity contribution in [2.75, 3.05) is 6.26 Å². The molecule has 0 aliphatic carbocycles. The summed E-state index contributed by atoms with van der Waals surface area (Å²) in [5, 5.41) is 1.91. The van der Waals surface area contributed by atoms with E-state index in [9.17, 15) is 8.42 Å². The lowest BCUT2D eigenvalue weighted by Gasteiger charge is -2.14. The van der Waals surface area contributed by atoms with E-state index in [-0.39, 0.29) is 6.54 Å². The number of nitrogens with zero attached hydrogens (tertiary/aromatic N) is 1. The van der Waals surface area contributed by atoms with Crippen molar-refractivity contribution in [3.63, 3.8) is 0 Å². The van der Waals surface area contributed by atoms with Gasteiger partial charge in [-0.1, -0.05) is 36.4 Å². The second-order valence-corrected chi connectivity index (χ2v) is 6.82. The normalized spacial score (nSPS) is 10.6. The largest absolute Gasteiger partial charge is 0.239 e. The molecule has 0 spiro atoms. The highest BCUT2D eigenvalue weighted by molar-refractivity contribution is 7.88. The lowest BCUT2D eigenvalue weighted by atomic mass is 10.2. The predicted octanol–water partition coefficient (Wildman–Crippen LogP) is 2.52. The Labute approximate surface area is 117 Å². The zero-order valence-corrected chi connectivity index (χ0v) is 12.0. The maximum Gasteiger partial charge on any atom is 0.239 e. The van der Waals surface area contributed by atoms with Crippen LogP contribution in [-0.2, 0) is 16.6 Å². The van der Waals surface area contributed by atoms with Crippen molar-refractivity contribution in [1.29, 1.82) is 0 Å². The molecule has 5 heteroatoms. The fraction of sp³-hybridized carbons (Fsp3) is 0.143. The summed E-state index contributed by atoms with van der Waals surface area (Å²) in [4.78, 5) is 0.849. The summed E-state index contributed by atoms with van der Waals surface area (Å²) in [5.41, 5.74) is 0.911. The van der Waals surface area contributed by atoms with Crippen molar-refractivity contribution in [2.45, 2.75) is 6.54 Å². The van der Waals surface area contributed by atoms with Gasteiger partial charge in [-0.15, -0.1) is 11.3 Å². The van der Waals surface area contributed by atoms with Gasteiger partial charge in [-0.25, -0.2) is 12.7 Å². The number of rotatable bonds is 3. The van der Waals surface area contributed by atoms with Gasteiger partial charge < -0.3 is 0 Å². The molecule has 0 fully saturated rings. The number of hydrogen-bond acceptors (Lipinski definition) is 3. The molecular formula is C14H13NO2S2. The standard InChI is InChI=1S/C14H13NO2S2/c1-19(16,17)15(10-9-14-8-5-11-18-14)12-13-6-3-2-4-7-13/h2-8,11H,12H2,1H3. The molecule has 0 saturated heterocycles. The third-order valence-corrected chi connectivity index (χ3v) is 4.20. The van der Waals surface area contributed by atoms with Crippen LogP contribution in [0.2, 0.25) is 0 Å². The van der Waals surface area contributed by atoms with E-state index in [0.29, 0.717) is 0 Å². The Kier molecular flexibility index (Phi) is 4.25. The highest BCUT2D eigenvalue weighted by atomic mass is 32.2. The maximum absolute atomic E-state index is 11.7. The van der Waals surface area contributed by atoms with Gasteiger partial charge in [0.2, 0.25) is 10.0 Å². The molecule has 19 heavy (non-hydrogen) atoms. The Bertz CT molecular complexity index is 680. The average molecular weight is 291 g/mol. The van der Waals surface area contributed by atoms with Crippen molar-refractivity contribution in [2.24, 2.45) is 0 Å². The molecular weight excluding hydrogens is 278 g/mol. The van der Waals surface area contributed by atoms with Crippen molar-refractivity contribution in [3.05, 3.63) is 58.3 Å². The van der Waals surface area contributed by atoms with Crippen LogP contribution in [0.5, 0.6) is 0 Å². The van der Waals surface area contributed by atoms with Crippen LogP contribution in [0, 0.1) is 12.0 Å². The topological polar surface area (TPSA) is 37.4 Å². The molecule has 0 aliphatic rings. The van der Waals surface area contributed by atoms with E-state index < -0.39 is 10.0 Å². The van der Waals surface area contributed by atoms with Gasteiger partial charge in [0, 0.05) is 6.04 Å². The summed E-state index contributed by atoms with van der Waals surface area (Å²) >= 11 is 1.49. The van der Waals surface area contributed by atoms with E-state index in [1.807, 2.05) is 47.8 Å². The minimum Gasteiger partial charge on any atom is -0.224 e. The SMILES string of the molecule is CS(=O)(=O)N(C#Cc1cccs1)Cc1ccccc1. The first-order chi connectivity index (χ1) is 9.05. The summed E-state index contributed by atoms with van der Waals surface area (Å²) in [5.74, 6) is 2.87. The Balaban J connectivity index is 2.23. The summed E-state index contributed by atoms with van der Waals surface area (Å²) in [7, 11) is -3.35. The van der Waals surface area contributed by atoms with Crippen LogP contribution in [0.3, 0.4) is 0 Å². The second kappa shape index (κ2) is 5.91. The number of benzene rings is 1. The van der Waals surface area contributed by atoms with E-state index in [4.69, 9.17) is 0 Å². The number of sulfonamides is 1. The van der Waals surface area contributed by atoms with Crippen LogP contribution in [0.15, 0.2) is 47.8 Å². The van der Waals surface area contributed by atoms with Crippen LogP contribution < -0.4 is 0 Å². The number of thiophene rings is 1. The summed E-state index contributed by atoms with van der Waals surface area (Å²) in [6, 6.07) is 15.9. The van der Waals surface area contributed by atoms with Gasteiger partial charge in [-0.3, -0.25) is 0 Å². The van der Waals surface area contributed by atoms with Gasteiger partial charge in [0.05, 0.1) is 17.7 Å². The summed E-state index contributed by atoms with van der Waals surface area (Å²) in [6.45, 7) is 0.262. The lowest BCUT2D eigenvalue weighted by molar-refractivity contribution is 0.515. The van der Waals surface area contributed by atoms with E-state index in [1.165, 1.54) is 21.9 Å². The molecule has 0 bridgehead atoms. The monoisotopic (exact) mass is 291 g/mol. The quantitative estimate of drug-likeness (QED) is 0.644. The minimum atomic E-state index is -3.35. The van der Waals surface area contributed by atoms with Crippen LogP contribution in [0.4, 0.5) is 0 Å². The van der Waals surface area contributed by atoms with Gasteiger partial charge in [-0.05, 0) is 22.9 Å². The van der Waals surface area contributed by atoms with E-state index in [0.717, 1.165) is 10.4 Å². The van der Waals surface area contributed by atoms with Gasteiger partial charge in [0.15, 0.2) is 0 Å². The van der Waals surface area contributed by atoms with Crippen molar-refractivity contribution in [1.82, 2.24) is 4.31 Å². The molecule has 0 unspecified atom stereocenters. The third kappa shape index (κ3) is 4.12. The van der Waals surface area contributed by atoms with Crippen LogP contribution in [0.25, 0.3) is 0 Å². The Morgan fingerprint density at radius 2 is 1.89 bits per heavy atom. The Morgan fingerprint density at radius 1 is 1.16 bits per heavy atom. The summed E-state index contributed by atoms with van der Waals surface area (Å²) < 4.78 is 24.6. The zero-order valence-electron chi connectivity index (χ0n) is 10.4. The van der Waals surface area contributed by atoms with E-state index in [1.54, 1.807) is 0 Å². The third-order valence-electron chi connectivity index (χ3n) is 2.39. The van der Waals surface area contributed by atoms with E-state index >= 15 is 0 Å². The molecule has 0 radical (unpaired) electrons. The van der Waals surface area contributed by atoms with Crippen molar-refractivity contribution in [3.8, 4) is 12.0 Å². The van der Waals surface area contributed by atoms with Gasteiger partial charge >= 0.3 is 0 Å². The fourth-order valence-electron chi connectivity index (χ4n) is 1.46. The zero-order chi connectivity index (χ0) is 13.7. The average Bonchev–Trinajstić information content (AvgIpc) is 2.87. The van der Waals surface area contributed by atoms with E-state index in [2.05, 4.69) is 12.0 Å². The molecule has 2 aromatic rings. The molecule has 3 nitrogen and oxygen atoms in total. The highest BCUT2D eigenvalue weighted by Gasteiger charge is 2.12. The smallest absolute Gasteiger partial charge is 0.224 e. The molecule has 0 aliphatic heterocycles. The molecule has 2 rings (SSSR count). The Hall–Kier alpha value is -1.77. The predicted molar refractivity (Wildman–Crippen MR) is 78.0 cm³/mol. The first-order valence-electron chi connectivity index (χ1n) is 5.62. The second-order valence-electron chi connectivity index (χ2n) is 3.97. The molecule has 0 atom stereocenters. The minimum absolute atomic E-state index is 0.262. The first kappa shape index (κ1) is 13.7. The van der Waals surface area contributed by atoms with Gasteiger partial charge in [-0.2, -0.15) is 0 Å². The molecule has 0 amide bonds. The highest BCUT2D eigenvalue weighted by Crippen LogP contribution is 2.09. The first-order valence-corrected chi connectivity index (χ1v) is 8.35. The summed E-state index contributed by atoms with van der Waals surface area (Å²) in [6.07, 6.45) is 1.17. The van der Waals surface area contributed by atoms with Crippen molar-refractivity contribution < 1.29 is 8.42 Å². The lowest BCUT2D eigenvalue weighted by Crippen LogP contribution is -2.24. The van der Waals surface area contributed by atoms with Crippen LogP contribution in [-0.4, -0.2) is 19.0 Å². The van der Waals surface area contributed by atoms with Gasteiger partial charge in [0.1, 0.15) is 0 Å². The molecule has 0 N–H and O–H groups in total. The van der Waals surface area contributed by atoms with Crippen molar-refractivity contribution >= 4 is 21.4 Å². The molecule has 98 valence electrons. The van der Waals surface area contributed by atoms with Crippen LogP contribution >= 0.6 is 11.3 Å². The Morgan fingerprint density at radius 3 is 2.47 bits per heavy atom. The fourth-order valence-corrected chi connectivity index (χ4v) is 2.62. The van der Waals surface area contributed by atoms with Gasteiger partial charge in [0.25, 0.3) is 0 Å².